The van der Waals surface area contributed by atoms with E-state index in [0.717, 1.165) is 19.0 Å². The summed E-state index contributed by atoms with van der Waals surface area (Å²) in [7, 11) is 1.51. The summed E-state index contributed by atoms with van der Waals surface area (Å²) < 4.78 is 5.05. The molecule has 0 saturated heterocycles. The molecule has 0 radical (unpaired) electrons. The Morgan fingerprint density at radius 1 is 1.50 bits per heavy atom. The highest BCUT2D eigenvalue weighted by molar-refractivity contribution is 5.96. The van der Waals surface area contributed by atoms with Crippen LogP contribution in [0.3, 0.4) is 0 Å². The first-order chi connectivity index (χ1) is 8.81. The maximum absolute atomic E-state index is 11.9. The number of carbonyl (C=O) groups is 1. The lowest BCUT2D eigenvalue weighted by molar-refractivity contribution is 0.0949. The van der Waals surface area contributed by atoms with Gasteiger partial charge < -0.3 is 15.4 Å². The average Bonchev–Trinajstić information content (AvgIpc) is 3.22. The molecular weight excluding hydrogens is 230 g/mol. The molecule has 0 aromatic carbocycles. The van der Waals surface area contributed by atoms with Gasteiger partial charge in [-0.15, -0.1) is 0 Å². The van der Waals surface area contributed by atoms with Crippen LogP contribution in [0, 0.1) is 0 Å². The molecule has 0 bridgehead atoms. The van der Waals surface area contributed by atoms with E-state index in [4.69, 9.17) is 4.74 Å². The smallest absolute Gasteiger partial charge is 0.256 e. The van der Waals surface area contributed by atoms with Gasteiger partial charge in [-0.2, -0.15) is 0 Å². The second-order valence-corrected chi connectivity index (χ2v) is 4.40. The van der Waals surface area contributed by atoms with Crippen molar-refractivity contribution in [1.82, 2.24) is 15.6 Å². The predicted molar refractivity (Wildman–Crippen MR) is 68.8 cm³/mol. The van der Waals surface area contributed by atoms with Gasteiger partial charge in [0.2, 0.25) is 5.88 Å². The minimum atomic E-state index is -0.133. The van der Waals surface area contributed by atoms with Crippen molar-refractivity contribution in [2.75, 3.05) is 20.2 Å². The van der Waals surface area contributed by atoms with Crippen molar-refractivity contribution in [1.29, 1.82) is 0 Å². The predicted octanol–water partition coefficient (Wildman–Crippen LogP) is 0.962. The van der Waals surface area contributed by atoms with Crippen molar-refractivity contribution in [2.24, 2.45) is 0 Å². The molecule has 5 nitrogen and oxygen atoms in total. The zero-order valence-corrected chi connectivity index (χ0v) is 10.6. The molecule has 5 heteroatoms. The van der Waals surface area contributed by atoms with Crippen molar-refractivity contribution in [3.63, 3.8) is 0 Å². The van der Waals surface area contributed by atoms with Crippen LogP contribution in [0.15, 0.2) is 18.3 Å². The molecule has 1 aromatic rings. The monoisotopic (exact) mass is 249 g/mol. The number of ether oxygens (including phenoxy) is 1. The third kappa shape index (κ3) is 3.70. The Hall–Kier alpha value is -1.62. The third-order valence-corrected chi connectivity index (χ3v) is 2.86. The summed E-state index contributed by atoms with van der Waals surface area (Å²) in [6.07, 6.45) is 5.12. The van der Waals surface area contributed by atoms with E-state index in [1.807, 2.05) is 0 Å². The second-order valence-electron chi connectivity index (χ2n) is 4.40. The molecule has 0 atom stereocenters. The van der Waals surface area contributed by atoms with E-state index in [2.05, 4.69) is 15.6 Å². The molecule has 18 heavy (non-hydrogen) atoms. The number of nitrogens with one attached hydrogen (secondary N) is 2. The molecule has 1 amide bonds. The summed E-state index contributed by atoms with van der Waals surface area (Å²) >= 11 is 0. The average molecular weight is 249 g/mol. The molecule has 1 saturated carbocycles. The van der Waals surface area contributed by atoms with Gasteiger partial charge in [-0.05, 0) is 37.9 Å². The molecule has 1 aliphatic rings. The molecule has 1 aromatic heterocycles. The van der Waals surface area contributed by atoms with E-state index in [1.165, 1.54) is 20.0 Å². The summed E-state index contributed by atoms with van der Waals surface area (Å²) in [5, 5.41) is 6.27. The number of hydrogen-bond acceptors (Lipinski definition) is 4. The number of amides is 1. The van der Waals surface area contributed by atoms with Gasteiger partial charge in [0, 0.05) is 18.8 Å². The number of hydrogen-bond donors (Lipinski definition) is 2. The highest BCUT2D eigenvalue weighted by atomic mass is 16.5. The van der Waals surface area contributed by atoms with Crippen LogP contribution in [0.5, 0.6) is 5.88 Å². The number of carbonyl (C=O) groups excluding carboxylic acids is 1. The van der Waals surface area contributed by atoms with Gasteiger partial charge in [-0.1, -0.05) is 0 Å². The number of pyridine rings is 1. The largest absolute Gasteiger partial charge is 0.480 e. The first-order valence-corrected chi connectivity index (χ1v) is 6.32. The van der Waals surface area contributed by atoms with Crippen molar-refractivity contribution < 1.29 is 9.53 Å². The fourth-order valence-electron chi connectivity index (χ4n) is 1.71. The topological polar surface area (TPSA) is 63.2 Å². The van der Waals surface area contributed by atoms with Crippen LogP contribution in [0.1, 0.15) is 29.6 Å². The molecule has 0 unspecified atom stereocenters. The third-order valence-electron chi connectivity index (χ3n) is 2.86. The van der Waals surface area contributed by atoms with Crippen LogP contribution in [-0.2, 0) is 0 Å². The molecule has 98 valence electrons. The molecule has 1 fully saturated rings. The van der Waals surface area contributed by atoms with Crippen molar-refractivity contribution in [3.8, 4) is 5.88 Å². The van der Waals surface area contributed by atoms with Crippen molar-refractivity contribution >= 4 is 5.91 Å². The van der Waals surface area contributed by atoms with Gasteiger partial charge >= 0.3 is 0 Å². The van der Waals surface area contributed by atoms with E-state index < -0.39 is 0 Å². The molecule has 1 aliphatic carbocycles. The van der Waals surface area contributed by atoms with Gasteiger partial charge in [0.1, 0.15) is 5.56 Å². The molecule has 0 spiro atoms. The SMILES string of the molecule is COc1ncccc1C(=O)NCCCNC1CC1. The Morgan fingerprint density at radius 2 is 2.33 bits per heavy atom. The van der Waals surface area contributed by atoms with E-state index in [0.29, 0.717) is 18.0 Å². The van der Waals surface area contributed by atoms with E-state index in [9.17, 15) is 4.79 Å². The van der Waals surface area contributed by atoms with Crippen LogP contribution in [-0.4, -0.2) is 37.1 Å². The Labute approximate surface area is 107 Å². The van der Waals surface area contributed by atoms with Gasteiger partial charge in [-0.25, -0.2) is 4.98 Å². The molecule has 1 heterocycles. The standard InChI is InChI=1S/C13H19N3O2/c1-18-13-11(4-2-7-16-13)12(17)15-9-3-8-14-10-5-6-10/h2,4,7,10,14H,3,5-6,8-9H2,1H3,(H,15,17). The van der Waals surface area contributed by atoms with E-state index in [1.54, 1.807) is 18.3 Å². The lowest BCUT2D eigenvalue weighted by Gasteiger charge is -2.08. The van der Waals surface area contributed by atoms with Crippen molar-refractivity contribution in [2.45, 2.75) is 25.3 Å². The lowest BCUT2D eigenvalue weighted by Crippen LogP contribution is -2.28. The molecule has 2 rings (SSSR count). The Morgan fingerprint density at radius 3 is 3.06 bits per heavy atom. The minimum absolute atomic E-state index is 0.133. The van der Waals surface area contributed by atoms with Gasteiger partial charge in [0.05, 0.1) is 7.11 Å². The number of nitrogens with zero attached hydrogens (tertiary/aromatic N) is 1. The summed E-state index contributed by atoms with van der Waals surface area (Å²) in [6.45, 7) is 1.62. The Bertz CT molecular complexity index is 405. The fourth-order valence-corrected chi connectivity index (χ4v) is 1.71. The lowest BCUT2D eigenvalue weighted by atomic mass is 10.2. The molecule has 2 N–H and O–H groups in total. The first-order valence-electron chi connectivity index (χ1n) is 6.32. The summed E-state index contributed by atoms with van der Waals surface area (Å²) in [5.41, 5.74) is 0.482. The zero-order valence-electron chi connectivity index (χ0n) is 10.6. The van der Waals surface area contributed by atoms with Gasteiger partial charge in [0.15, 0.2) is 0 Å². The second kappa shape index (κ2) is 6.35. The minimum Gasteiger partial charge on any atom is -0.480 e. The Kier molecular flexibility index (Phi) is 4.52. The van der Waals surface area contributed by atoms with Crippen LogP contribution >= 0.6 is 0 Å². The maximum atomic E-state index is 11.9. The first kappa shape index (κ1) is 12.8. The van der Waals surface area contributed by atoms with Crippen LogP contribution < -0.4 is 15.4 Å². The van der Waals surface area contributed by atoms with Crippen LogP contribution in [0.2, 0.25) is 0 Å². The molecular formula is C13H19N3O2. The fraction of sp³-hybridized carbons (Fsp3) is 0.538. The highest BCUT2D eigenvalue weighted by Crippen LogP contribution is 2.18. The zero-order chi connectivity index (χ0) is 12.8. The number of methoxy groups -OCH3 is 1. The maximum Gasteiger partial charge on any atom is 0.256 e. The van der Waals surface area contributed by atoms with Gasteiger partial charge in [0.25, 0.3) is 5.91 Å². The summed E-state index contributed by atoms with van der Waals surface area (Å²) in [5.74, 6) is 0.234. The normalized spacial score (nSPS) is 14.3. The molecule has 0 aliphatic heterocycles. The van der Waals surface area contributed by atoms with E-state index in [-0.39, 0.29) is 5.91 Å². The number of rotatable bonds is 7. The van der Waals surface area contributed by atoms with Gasteiger partial charge in [-0.3, -0.25) is 4.79 Å². The highest BCUT2D eigenvalue weighted by Gasteiger charge is 2.19. The summed E-state index contributed by atoms with van der Waals surface area (Å²) in [6, 6.07) is 4.16. The Balaban J connectivity index is 1.72. The quantitative estimate of drug-likeness (QED) is 0.707. The van der Waals surface area contributed by atoms with Crippen LogP contribution in [0.4, 0.5) is 0 Å². The van der Waals surface area contributed by atoms with E-state index >= 15 is 0 Å². The number of aromatic nitrogens is 1. The van der Waals surface area contributed by atoms with Crippen molar-refractivity contribution in [3.05, 3.63) is 23.9 Å². The summed E-state index contributed by atoms with van der Waals surface area (Å²) in [4.78, 5) is 15.9. The van der Waals surface area contributed by atoms with Crippen LogP contribution in [0.25, 0.3) is 0 Å².